The molecule has 0 atom stereocenters. The number of nitrogens with one attached hydrogen (secondary N) is 2. The van der Waals surface area contributed by atoms with E-state index in [-0.39, 0.29) is 26.9 Å². The topological polar surface area (TPSA) is 131 Å². The molecule has 0 heterocycles. The number of sulfonamides is 2. The van der Waals surface area contributed by atoms with Crippen LogP contribution < -0.4 is 23.8 Å². The number of hydrogen-bond acceptors (Lipinski definition) is 7. The number of ether oxygens (including phenoxy) is 2. The number of alkyl halides is 3. The van der Waals surface area contributed by atoms with Crippen LogP contribution in [0.4, 0.5) is 30.2 Å². The van der Waals surface area contributed by atoms with Gasteiger partial charge >= 0.3 is 6.18 Å². The molecule has 0 aliphatic carbocycles. The fourth-order valence-electron chi connectivity index (χ4n) is 4.07. The van der Waals surface area contributed by atoms with Gasteiger partial charge in [-0.15, -0.1) is 0 Å². The molecule has 4 aromatic carbocycles. The molecule has 0 saturated heterocycles. The highest BCUT2D eigenvalue weighted by molar-refractivity contribution is 7.93. The molecule has 45 heavy (non-hydrogen) atoms. The molecule has 0 aliphatic heterocycles. The van der Waals surface area contributed by atoms with Crippen molar-refractivity contribution in [3.63, 3.8) is 0 Å². The molecule has 1 amide bonds. The second kappa shape index (κ2) is 13.3. The van der Waals surface area contributed by atoms with Crippen LogP contribution in [0, 0.1) is 0 Å². The van der Waals surface area contributed by atoms with Crippen molar-refractivity contribution in [3.8, 4) is 11.5 Å². The maximum absolute atomic E-state index is 13.6. The minimum absolute atomic E-state index is 0.0852. The average molecular weight is 684 g/mol. The van der Waals surface area contributed by atoms with Gasteiger partial charge in [0.2, 0.25) is 5.91 Å². The molecule has 0 bridgehead atoms. The third-order valence-corrected chi connectivity index (χ3v) is 9.76. The van der Waals surface area contributed by atoms with E-state index in [9.17, 15) is 34.8 Å². The lowest BCUT2D eigenvalue weighted by atomic mass is 10.2. The summed E-state index contributed by atoms with van der Waals surface area (Å²) in [7, 11) is -5.88. The minimum atomic E-state index is -4.90. The van der Waals surface area contributed by atoms with Gasteiger partial charge in [0.25, 0.3) is 20.0 Å². The maximum Gasteiger partial charge on any atom is 0.417 e. The van der Waals surface area contributed by atoms with Crippen molar-refractivity contribution in [1.82, 2.24) is 0 Å². The molecule has 0 aromatic heterocycles. The van der Waals surface area contributed by atoms with Gasteiger partial charge in [0, 0.05) is 11.8 Å². The van der Waals surface area contributed by atoms with E-state index >= 15 is 0 Å². The summed E-state index contributed by atoms with van der Waals surface area (Å²) in [6.45, 7) is -0.923. The van der Waals surface area contributed by atoms with Crippen LogP contribution in [0.3, 0.4) is 0 Å². The Bertz CT molecular complexity index is 1910. The molecule has 0 saturated carbocycles. The number of benzene rings is 4. The van der Waals surface area contributed by atoms with Gasteiger partial charge in [-0.1, -0.05) is 29.8 Å². The number of rotatable bonds is 11. The van der Waals surface area contributed by atoms with Crippen molar-refractivity contribution < 1.29 is 44.3 Å². The molecule has 0 aliphatic rings. The van der Waals surface area contributed by atoms with Crippen LogP contribution in [0.25, 0.3) is 0 Å². The Morgan fingerprint density at radius 3 is 2.11 bits per heavy atom. The highest BCUT2D eigenvalue weighted by Gasteiger charge is 2.35. The Hall–Kier alpha value is -4.47. The molecular weight excluding hydrogens is 659 g/mol. The quantitative estimate of drug-likeness (QED) is 0.198. The molecule has 0 unspecified atom stereocenters. The van der Waals surface area contributed by atoms with E-state index in [4.69, 9.17) is 21.1 Å². The predicted octanol–water partition coefficient (Wildman–Crippen LogP) is 6.01. The Kier molecular flexibility index (Phi) is 9.85. The zero-order valence-electron chi connectivity index (χ0n) is 23.5. The predicted molar refractivity (Wildman–Crippen MR) is 163 cm³/mol. The number of amides is 1. The highest BCUT2D eigenvalue weighted by Crippen LogP contribution is 2.38. The van der Waals surface area contributed by atoms with Gasteiger partial charge in [0.15, 0.2) is 0 Å². The second-order valence-corrected chi connectivity index (χ2v) is 13.2. The van der Waals surface area contributed by atoms with Crippen molar-refractivity contribution in [2.45, 2.75) is 16.0 Å². The summed E-state index contributed by atoms with van der Waals surface area (Å²) in [4.78, 5) is 12.6. The van der Waals surface area contributed by atoms with Crippen LogP contribution in [0.5, 0.6) is 11.5 Å². The average Bonchev–Trinajstić information content (AvgIpc) is 3.00. The molecular formula is C29H25ClF3N3O7S2. The fourth-order valence-corrected chi connectivity index (χ4v) is 6.79. The summed E-state index contributed by atoms with van der Waals surface area (Å²) in [5.41, 5.74) is -1.54. The molecule has 4 rings (SSSR count). The van der Waals surface area contributed by atoms with Gasteiger partial charge in [-0.25, -0.2) is 16.8 Å². The first-order valence-electron chi connectivity index (χ1n) is 12.7. The maximum atomic E-state index is 13.6. The Morgan fingerprint density at radius 2 is 1.51 bits per heavy atom. The third-order valence-electron chi connectivity index (χ3n) is 6.26. The zero-order chi connectivity index (χ0) is 33.0. The molecule has 238 valence electrons. The monoisotopic (exact) mass is 683 g/mol. The van der Waals surface area contributed by atoms with Gasteiger partial charge in [0.05, 0.1) is 46.0 Å². The summed E-state index contributed by atoms with van der Waals surface area (Å²) < 4.78 is 107. The van der Waals surface area contributed by atoms with Crippen LogP contribution >= 0.6 is 11.6 Å². The van der Waals surface area contributed by atoms with Gasteiger partial charge in [-0.3, -0.25) is 13.8 Å². The number of carbonyl (C=O) groups excluding carboxylic acids is 1. The van der Waals surface area contributed by atoms with Crippen molar-refractivity contribution in [2.24, 2.45) is 0 Å². The number of nitrogens with zero attached hydrogens (tertiary/aromatic N) is 1. The normalized spacial score (nSPS) is 11.9. The van der Waals surface area contributed by atoms with E-state index < -0.39 is 54.9 Å². The minimum Gasteiger partial charge on any atom is -0.497 e. The van der Waals surface area contributed by atoms with Crippen molar-refractivity contribution in [2.75, 3.05) is 35.1 Å². The van der Waals surface area contributed by atoms with E-state index in [1.807, 2.05) is 0 Å². The van der Waals surface area contributed by atoms with Gasteiger partial charge in [-0.2, -0.15) is 13.2 Å². The molecule has 0 radical (unpaired) electrons. The SMILES string of the molecule is COc1ccc(OC)c(NS(=O)(=O)c2ccc(NC(=O)CN(c3ccc(Cl)c(C(F)(F)F)c3)S(=O)(=O)c3ccccc3)cc2)c1. The van der Waals surface area contributed by atoms with Gasteiger partial charge < -0.3 is 14.8 Å². The first-order valence-corrected chi connectivity index (χ1v) is 16.0. The Morgan fingerprint density at radius 1 is 0.844 bits per heavy atom. The summed E-state index contributed by atoms with van der Waals surface area (Å²) in [5, 5.41) is 1.79. The van der Waals surface area contributed by atoms with Crippen molar-refractivity contribution in [3.05, 3.63) is 102 Å². The highest BCUT2D eigenvalue weighted by atomic mass is 35.5. The van der Waals surface area contributed by atoms with Gasteiger partial charge in [0.1, 0.15) is 18.0 Å². The number of methoxy groups -OCH3 is 2. The molecule has 0 fully saturated rings. The Labute approximate surface area is 262 Å². The summed E-state index contributed by atoms with van der Waals surface area (Å²) >= 11 is 5.72. The zero-order valence-corrected chi connectivity index (χ0v) is 25.9. The second-order valence-electron chi connectivity index (χ2n) is 9.23. The number of anilines is 3. The van der Waals surface area contributed by atoms with Crippen LogP contribution in [-0.4, -0.2) is 43.5 Å². The molecule has 2 N–H and O–H groups in total. The summed E-state index contributed by atoms with van der Waals surface area (Å²) in [6.07, 6.45) is -4.90. The fraction of sp³-hybridized carbons (Fsp3) is 0.138. The van der Waals surface area contributed by atoms with E-state index in [2.05, 4.69) is 10.0 Å². The number of carbonyl (C=O) groups is 1. The third kappa shape index (κ3) is 7.79. The number of halogens is 4. The summed E-state index contributed by atoms with van der Waals surface area (Å²) in [5.74, 6) is -0.308. The van der Waals surface area contributed by atoms with E-state index in [0.717, 1.165) is 12.1 Å². The van der Waals surface area contributed by atoms with Crippen LogP contribution in [0.2, 0.25) is 5.02 Å². The lowest BCUT2D eigenvalue weighted by Gasteiger charge is -2.25. The van der Waals surface area contributed by atoms with E-state index in [1.54, 1.807) is 12.1 Å². The first-order chi connectivity index (χ1) is 21.2. The van der Waals surface area contributed by atoms with E-state index in [0.29, 0.717) is 16.1 Å². The molecule has 0 spiro atoms. The lowest BCUT2D eigenvalue weighted by molar-refractivity contribution is -0.137. The smallest absolute Gasteiger partial charge is 0.417 e. The van der Waals surface area contributed by atoms with Crippen LogP contribution in [0.1, 0.15) is 5.56 Å². The molecule has 10 nitrogen and oxygen atoms in total. The van der Waals surface area contributed by atoms with Crippen molar-refractivity contribution >= 4 is 54.6 Å². The first kappa shape index (κ1) is 33.4. The summed E-state index contributed by atoms with van der Waals surface area (Å²) in [6, 6.07) is 18.8. The Balaban J connectivity index is 1.59. The van der Waals surface area contributed by atoms with Gasteiger partial charge in [-0.05, 0) is 66.7 Å². The van der Waals surface area contributed by atoms with Crippen LogP contribution in [0.15, 0.2) is 101 Å². The largest absolute Gasteiger partial charge is 0.497 e. The standard InChI is InChI=1S/C29H25ClF3N3O7S2/c1-42-21-11-15-27(43-2)26(17-21)35-44(38,39)22-12-8-19(9-13-22)34-28(37)18-36(45(40,41)23-6-4-3-5-7-23)20-10-14-25(30)24(16-20)29(31,32)33/h3-17,35H,18H2,1-2H3,(H,34,37). The molecule has 4 aromatic rings. The van der Waals surface area contributed by atoms with E-state index in [1.165, 1.54) is 74.9 Å². The molecule has 16 heteroatoms. The number of hydrogen-bond donors (Lipinski definition) is 2. The van der Waals surface area contributed by atoms with Crippen molar-refractivity contribution in [1.29, 1.82) is 0 Å². The lowest BCUT2D eigenvalue weighted by Crippen LogP contribution is -2.38. The van der Waals surface area contributed by atoms with Crippen LogP contribution in [-0.2, 0) is 31.0 Å².